The molecular formula is C12H11ClN2. The third-order valence-electron chi connectivity index (χ3n) is 3.01. The summed E-state index contributed by atoms with van der Waals surface area (Å²) in [5, 5.41) is 1.84. The fourth-order valence-corrected chi connectivity index (χ4v) is 2.32. The first-order chi connectivity index (χ1) is 7.21. The largest absolute Gasteiger partial charge is 0.321 e. The predicted octanol–water partition coefficient (Wildman–Crippen LogP) is 2.84. The van der Waals surface area contributed by atoms with Crippen LogP contribution in [0.2, 0.25) is 5.02 Å². The molecule has 3 heteroatoms. The molecule has 3 rings (SSSR count). The summed E-state index contributed by atoms with van der Waals surface area (Å²) in [7, 11) is 0. The van der Waals surface area contributed by atoms with Gasteiger partial charge in [0.1, 0.15) is 0 Å². The molecule has 0 spiro atoms. The van der Waals surface area contributed by atoms with E-state index in [9.17, 15) is 0 Å². The molecule has 0 radical (unpaired) electrons. The molecule has 15 heavy (non-hydrogen) atoms. The van der Waals surface area contributed by atoms with Crippen LogP contribution in [-0.2, 0) is 5.54 Å². The van der Waals surface area contributed by atoms with Gasteiger partial charge >= 0.3 is 0 Å². The first kappa shape index (κ1) is 9.13. The van der Waals surface area contributed by atoms with E-state index in [4.69, 9.17) is 17.3 Å². The lowest BCUT2D eigenvalue weighted by atomic mass is 10.0. The maximum atomic E-state index is 6.21. The van der Waals surface area contributed by atoms with Crippen molar-refractivity contribution < 1.29 is 0 Å². The van der Waals surface area contributed by atoms with Gasteiger partial charge < -0.3 is 5.73 Å². The van der Waals surface area contributed by atoms with Crippen LogP contribution < -0.4 is 5.73 Å². The van der Waals surface area contributed by atoms with Crippen molar-refractivity contribution in [2.45, 2.75) is 18.4 Å². The summed E-state index contributed by atoms with van der Waals surface area (Å²) >= 11 is 6.21. The molecule has 1 aliphatic rings. The van der Waals surface area contributed by atoms with Gasteiger partial charge in [-0.25, -0.2) is 0 Å². The standard InChI is InChI=1S/C12H11ClN2/c13-9-4-3-8-2-1-7-15-11(8)10(9)12(14)5-6-12/h1-4,7H,5-6,14H2. The van der Waals surface area contributed by atoms with E-state index < -0.39 is 0 Å². The average molecular weight is 219 g/mol. The van der Waals surface area contributed by atoms with E-state index in [0.717, 1.165) is 34.3 Å². The van der Waals surface area contributed by atoms with Gasteiger partial charge in [0.25, 0.3) is 0 Å². The van der Waals surface area contributed by atoms with E-state index in [1.54, 1.807) is 6.20 Å². The first-order valence-electron chi connectivity index (χ1n) is 5.03. The lowest BCUT2D eigenvalue weighted by Gasteiger charge is -2.13. The van der Waals surface area contributed by atoms with Crippen LogP contribution in [0.15, 0.2) is 30.5 Å². The number of hydrogen-bond donors (Lipinski definition) is 1. The van der Waals surface area contributed by atoms with Gasteiger partial charge in [-0.2, -0.15) is 0 Å². The molecule has 0 saturated heterocycles. The molecule has 1 heterocycles. The van der Waals surface area contributed by atoms with Crippen LogP contribution in [0.3, 0.4) is 0 Å². The molecular weight excluding hydrogens is 208 g/mol. The second kappa shape index (κ2) is 2.94. The van der Waals surface area contributed by atoms with E-state index in [1.165, 1.54) is 0 Å². The van der Waals surface area contributed by atoms with E-state index in [-0.39, 0.29) is 5.54 Å². The van der Waals surface area contributed by atoms with Gasteiger partial charge in [-0.15, -0.1) is 0 Å². The molecule has 0 aliphatic heterocycles. The molecule has 1 aliphatic carbocycles. The second-order valence-electron chi connectivity index (χ2n) is 4.15. The fourth-order valence-electron chi connectivity index (χ4n) is 1.98. The Balaban J connectivity index is 2.38. The number of benzene rings is 1. The van der Waals surface area contributed by atoms with Gasteiger partial charge in [0.15, 0.2) is 0 Å². The summed E-state index contributed by atoms with van der Waals surface area (Å²) < 4.78 is 0. The zero-order valence-corrected chi connectivity index (χ0v) is 8.96. The Morgan fingerprint density at radius 3 is 2.80 bits per heavy atom. The number of nitrogens with two attached hydrogens (primary N) is 1. The van der Waals surface area contributed by atoms with Crippen LogP contribution in [0, 0.1) is 0 Å². The van der Waals surface area contributed by atoms with Crippen molar-refractivity contribution >= 4 is 22.5 Å². The summed E-state index contributed by atoms with van der Waals surface area (Å²) in [6, 6.07) is 7.86. The molecule has 0 atom stereocenters. The Hall–Kier alpha value is -1.12. The van der Waals surface area contributed by atoms with Crippen molar-refractivity contribution in [2.75, 3.05) is 0 Å². The number of aromatic nitrogens is 1. The zero-order valence-electron chi connectivity index (χ0n) is 8.20. The summed E-state index contributed by atoms with van der Waals surface area (Å²) in [5.74, 6) is 0. The Labute approximate surface area is 93.1 Å². The monoisotopic (exact) mass is 218 g/mol. The minimum Gasteiger partial charge on any atom is -0.321 e. The van der Waals surface area contributed by atoms with Crippen molar-refractivity contribution in [1.29, 1.82) is 0 Å². The molecule has 0 bridgehead atoms. The van der Waals surface area contributed by atoms with Crippen LogP contribution >= 0.6 is 11.6 Å². The van der Waals surface area contributed by atoms with Crippen molar-refractivity contribution in [3.63, 3.8) is 0 Å². The van der Waals surface area contributed by atoms with E-state index >= 15 is 0 Å². The molecule has 2 N–H and O–H groups in total. The van der Waals surface area contributed by atoms with E-state index in [0.29, 0.717) is 0 Å². The third kappa shape index (κ3) is 1.33. The average Bonchev–Trinajstić information content (AvgIpc) is 2.97. The lowest BCUT2D eigenvalue weighted by molar-refractivity contribution is 0.746. The first-order valence-corrected chi connectivity index (χ1v) is 5.41. The topological polar surface area (TPSA) is 38.9 Å². The summed E-state index contributed by atoms with van der Waals surface area (Å²) in [6.45, 7) is 0. The lowest BCUT2D eigenvalue weighted by Crippen LogP contribution is -2.20. The van der Waals surface area contributed by atoms with Crippen molar-refractivity contribution in [2.24, 2.45) is 5.73 Å². The normalized spacial score (nSPS) is 18.0. The Bertz CT molecular complexity index is 532. The number of rotatable bonds is 1. The molecule has 1 saturated carbocycles. The van der Waals surface area contributed by atoms with Gasteiger partial charge in [0.05, 0.1) is 5.52 Å². The quantitative estimate of drug-likeness (QED) is 0.800. The summed E-state index contributed by atoms with van der Waals surface area (Å²) in [5.41, 5.74) is 7.94. The van der Waals surface area contributed by atoms with Gasteiger partial charge in [-0.05, 0) is 25.0 Å². The number of pyridine rings is 1. The molecule has 2 aromatic rings. The molecule has 1 fully saturated rings. The highest BCUT2D eigenvalue weighted by molar-refractivity contribution is 6.32. The number of fused-ring (bicyclic) bond motifs is 1. The van der Waals surface area contributed by atoms with Crippen LogP contribution in [-0.4, -0.2) is 4.98 Å². The van der Waals surface area contributed by atoms with Gasteiger partial charge in [0, 0.05) is 27.7 Å². The van der Waals surface area contributed by atoms with Crippen molar-refractivity contribution in [1.82, 2.24) is 4.98 Å². The fraction of sp³-hybridized carbons (Fsp3) is 0.250. The number of nitrogens with zero attached hydrogens (tertiary/aromatic N) is 1. The minimum atomic E-state index is -0.231. The Morgan fingerprint density at radius 1 is 1.27 bits per heavy atom. The second-order valence-corrected chi connectivity index (χ2v) is 4.56. The molecule has 76 valence electrons. The molecule has 2 nitrogen and oxygen atoms in total. The summed E-state index contributed by atoms with van der Waals surface area (Å²) in [6.07, 6.45) is 3.79. The number of halogens is 1. The molecule has 1 aromatic heterocycles. The molecule has 0 amide bonds. The van der Waals surface area contributed by atoms with Crippen molar-refractivity contribution in [3.05, 3.63) is 41.0 Å². The summed E-state index contributed by atoms with van der Waals surface area (Å²) in [4.78, 5) is 4.38. The highest BCUT2D eigenvalue weighted by Crippen LogP contribution is 2.47. The van der Waals surface area contributed by atoms with Crippen LogP contribution in [0.5, 0.6) is 0 Å². The van der Waals surface area contributed by atoms with Crippen LogP contribution in [0.1, 0.15) is 18.4 Å². The molecule has 1 aromatic carbocycles. The maximum Gasteiger partial charge on any atom is 0.0767 e. The predicted molar refractivity (Wildman–Crippen MR) is 61.9 cm³/mol. The Kier molecular flexibility index (Phi) is 1.79. The van der Waals surface area contributed by atoms with Gasteiger partial charge in [-0.3, -0.25) is 4.98 Å². The van der Waals surface area contributed by atoms with Crippen LogP contribution in [0.25, 0.3) is 10.9 Å². The maximum absolute atomic E-state index is 6.21. The van der Waals surface area contributed by atoms with E-state index in [1.807, 2.05) is 24.3 Å². The molecule has 0 unspecified atom stereocenters. The Morgan fingerprint density at radius 2 is 2.07 bits per heavy atom. The van der Waals surface area contributed by atoms with Gasteiger partial charge in [-0.1, -0.05) is 23.7 Å². The SMILES string of the molecule is NC1(c2c(Cl)ccc3cccnc23)CC1. The van der Waals surface area contributed by atoms with Gasteiger partial charge in [0.2, 0.25) is 0 Å². The van der Waals surface area contributed by atoms with E-state index in [2.05, 4.69) is 4.98 Å². The smallest absolute Gasteiger partial charge is 0.0767 e. The third-order valence-corrected chi connectivity index (χ3v) is 3.33. The van der Waals surface area contributed by atoms with Crippen molar-refractivity contribution in [3.8, 4) is 0 Å². The minimum absolute atomic E-state index is 0.231. The number of hydrogen-bond acceptors (Lipinski definition) is 2. The zero-order chi connectivity index (χ0) is 10.5. The highest BCUT2D eigenvalue weighted by atomic mass is 35.5. The van der Waals surface area contributed by atoms with Crippen LogP contribution in [0.4, 0.5) is 0 Å². The highest BCUT2D eigenvalue weighted by Gasteiger charge is 2.43.